The van der Waals surface area contributed by atoms with Crippen molar-refractivity contribution in [3.8, 4) is 0 Å². The van der Waals surface area contributed by atoms with Crippen molar-refractivity contribution in [3.05, 3.63) is 32.4 Å². The van der Waals surface area contributed by atoms with Crippen molar-refractivity contribution in [2.75, 3.05) is 6.54 Å². The number of amides is 1. The fourth-order valence-electron chi connectivity index (χ4n) is 2.98. The van der Waals surface area contributed by atoms with E-state index in [2.05, 4.69) is 34.8 Å². The van der Waals surface area contributed by atoms with Crippen LogP contribution in [0.5, 0.6) is 0 Å². The molecule has 1 N–H and O–H groups in total. The number of carbonyl (C=O) groups is 1. The number of nitrogens with one attached hydrogen (secondary N) is 1. The molecule has 1 aromatic rings. The Labute approximate surface area is 139 Å². The van der Waals surface area contributed by atoms with Gasteiger partial charge in [0.15, 0.2) is 0 Å². The van der Waals surface area contributed by atoms with E-state index in [4.69, 9.17) is 11.6 Å². The van der Waals surface area contributed by atoms with Gasteiger partial charge in [0, 0.05) is 15.1 Å². The van der Waals surface area contributed by atoms with E-state index in [1.54, 1.807) is 6.07 Å². The van der Waals surface area contributed by atoms with E-state index in [0.29, 0.717) is 10.6 Å². The van der Waals surface area contributed by atoms with Crippen molar-refractivity contribution in [1.29, 1.82) is 0 Å². The molecule has 0 radical (unpaired) electrons. The Morgan fingerprint density at radius 3 is 3.00 bits per heavy atom. The first kappa shape index (κ1) is 16.1. The Hall–Kier alpha value is -0.290. The van der Waals surface area contributed by atoms with E-state index in [9.17, 15) is 4.79 Å². The normalized spacial score (nSPS) is 22.6. The molecule has 1 saturated carbocycles. The zero-order valence-electron chi connectivity index (χ0n) is 11.8. The molecule has 0 heterocycles. The summed E-state index contributed by atoms with van der Waals surface area (Å²) < 4.78 is 0.941. The number of benzene rings is 1. The maximum atomic E-state index is 12.1. The third-order valence-electron chi connectivity index (χ3n) is 4.06. The molecule has 20 heavy (non-hydrogen) atoms. The molecule has 2 nitrogen and oxygen atoms in total. The second kappa shape index (κ2) is 7.64. The van der Waals surface area contributed by atoms with Gasteiger partial charge in [0.25, 0.3) is 5.91 Å². The maximum absolute atomic E-state index is 12.1. The van der Waals surface area contributed by atoms with Gasteiger partial charge in [-0.05, 0) is 65.5 Å². The molecular weight excluding hydrogens is 385 g/mol. The molecular formula is C16H21ClINO. The molecule has 1 aliphatic rings. The Bertz CT molecular complexity index is 478. The molecule has 1 amide bonds. The standard InChI is InChI=1S/C16H21ClINO/c1-11-3-2-4-12(9-11)7-8-19-16(20)14-10-13(17)5-6-15(14)18/h5-6,10-12H,2-4,7-9H2,1H3,(H,19,20). The van der Waals surface area contributed by atoms with Crippen LogP contribution in [0.15, 0.2) is 18.2 Å². The first-order chi connectivity index (χ1) is 9.56. The summed E-state index contributed by atoms with van der Waals surface area (Å²) in [7, 11) is 0. The molecule has 1 aliphatic carbocycles. The SMILES string of the molecule is CC1CCCC(CCNC(=O)c2cc(Cl)ccc2I)C1. The summed E-state index contributed by atoms with van der Waals surface area (Å²) in [6.07, 6.45) is 6.42. The summed E-state index contributed by atoms with van der Waals surface area (Å²) in [6.45, 7) is 3.10. The van der Waals surface area contributed by atoms with E-state index < -0.39 is 0 Å². The summed E-state index contributed by atoms with van der Waals surface area (Å²) in [5, 5.41) is 3.63. The largest absolute Gasteiger partial charge is 0.352 e. The molecule has 2 atom stereocenters. The minimum atomic E-state index is -0.0132. The summed E-state index contributed by atoms with van der Waals surface area (Å²) >= 11 is 8.12. The quantitative estimate of drug-likeness (QED) is 0.710. The van der Waals surface area contributed by atoms with Gasteiger partial charge in [0.2, 0.25) is 0 Å². The van der Waals surface area contributed by atoms with Crippen LogP contribution >= 0.6 is 34.2 Å². The van der Waals surface area contributed by atoms with Crippen LogP contribution < -0.4 is 5.32 Å². The van der Waals surface area contributed by atoms with Crippen molar-refractivity contribution >= 4 is 40.1 Å². The highest BCUT2D eigenvalue weighted by molar-refractivity contribution is 14.1. The highest BCUT2D eigenvalue weighted by Gasteiger charge is 2.19. The van der Waals surface area contributed by atoms with Gasteiger partial charge in [0.05, 0.1) is 5.56 Å². The monoisotopic (exact) mass is 405 g/mol. The molecule has 4 heteroatoms. The van der Waals surface area contributed by atoms with E-state index in [-0.39, 0.29) is 5.91 Å². The highest BCUT2D eigenvalue weighted by Crippen LogP contribution is 2.30. The van der Waals surface area contributed by atoms with Crippen LogP contribution in [0, 0.1) is 15.4 Å². The lowest BCUT2D eigenvalue weighted by atomic mass is 9.81. The molecule has 2 rings (SSSR count). The third-order valence-corrected chi connectivity index (χ3v) is 5.23. The molecule has 110 valence electrons. The van der Waals surface area contributed by atoms with E-state index in [0.717, 1.165) is 28.4 Å². The summed E-state index contributed by atoms with van der Waals surface area (Å²) in [5.74, 6) is 1.61. The first-order valence-electron chi connectivity index (χ1n) is 7.29. The average molecular weight is 406 g/mol. The van der Waals surface area contributed by atoms with Crippen molar-refractivity contribution in [2.24, 2.45) is 11.8 Å². The van der Waals surface area contributed by atoms with Crippen LogP contribution in [0.3, 0.4) is 0 Å². The topological polar surface area (TPSA) is 29.1 Å². The molecule has 0 saturated heterocycles. The molecule has 0 bridgehead atoms. The van der Waals surface area contributed by atoms with Crippen molar-refractivity contribution in [3.63, 3.8) is 0 Å². The second-order valence-corrected chi connectivity index (χ2v) is 7.41. The lowest BCUT2D eigenvalue weighted by Gasteiger charge is -2.26. The fraction of sp³-hybridized carbons (Fsp3) is 0.562. The second-order valence-electron chi connectivity index (χ2n) is 5.81. The van der Waals surface area contributed by atoms with Crippen LogP contribution in [0.4, 0.5) is 0 Å². The summed E-state index contributed by atoms with van der Waals surface area (Å²) in [5.41, 5.74) is 0.676. The Morgan fingerprint density at radius 2 is 2.25 bits per heavy atom. The Balaban J connectivity index is 1.81. The predicted molar refractivity (Wildman–Crippen MR) is 92.2 cm³/mol. The number of hydrogen-bond donors (Lipinski definition) is 1. The smallest absolute Gasteiger partial charge is 0.252 e. The number of rotatable bonds is 4. The van der Waals surface area contributed by atoms with Crippen LogP contribution in [0.2, 0.25) is 5.02 Å². The van der Waals surface area contributed by atoms with Crippen molar-refractivity contribution < 1.29 is 4.79 Å². The molecule has 0 spiro atoms. The third kappa shape index (κ3) is 4.62. The minimum Gasteiger partial charge on any atom is -0.352 e. The van der Waals surface area contributed by atoms with Gasteiger partial charge in [-0.25, -0.2) is 0 Å². The summed E-state index contributed by atoms with van der Waals surface area (Å²) in [6, 6.07) is 5.42. The highest BCUT2D eigenvalue weighted by atomic mass is 127. The van der Waals surface area contributed by atoms with Crippen LogP contribution in [-0.4, -0.2) is 12.5 Å². The molecule has 2 unspecified atom stereocenters. The molecule has 0 aromatic heterocycles. The van der Waals surface area contributed by atoms with Gasteiger partial charge in [-0.2, -0.15) is 0 Å². The van der Waals surface area contributed by atoms with Gasteiger partial charge in [-0.1, -0.05) is 37.8 Å². The lowest BCUT2D eigenvalue weighted by Crippen LogP contribution is -2.27. The van der Waals surface area contributed by atoms with Crippen LogP contribution in [-0.2, 0) is 0 Å². The molecule has 1 fully saturated rings. The molecule has 1 aromatic carbocycles. The number of hydrogen-bond acceptors (Lipinski definition) is 1. The zero-order valence-corrected chi connectivity index (χ0v) is 14.7. The predicted octanol–water partition coefficient (Wildman–Crippen LogP) is 4.89. The van der Waals surface area contributed by atoms with Gasteiger partial charge in [0.1, 0.15) is 0 Å². The van der Waals surface area contributed by atoms with Gasteiger partial charge < -0.3 is 5.32 Å². The van der Waals surface area contributed by atoms with E-state index >= 15 is 0 Å². The van der Waals surface area contributed by atoms with Gasteiger partial charge in [-0.3, -0.25) is 4.79 Å². The number of halogens is 2. The van der Waals surface area contributed by atoms with Crippen LogP contribution in [0.25, 0.3) is 0 Å². The van der Waals surface area contributed by atoms with E-state index in [1.807, 2.05) is 12.1 Å². The lowest BCUT2D eigenvalue weighted by molar-refractivity contribution is 0.0948. The maximum Gasteiger partial charge on any atom is 0.252 e. The van der Waals surface area contributed by atoms with Crippen LogP contribution in [0.1, 0.15) is 49.4 Å². The van der Waals surface area contributed by atoms with Gasteiger partial charge >= 0.3 is 0 Å². The first-order valence-corrected chi connectivity index (χ1v) is 8.75. The zero-order chi connectivity index (χ0) is 14.5. The average Bonchev–Trinajstić information content (AvgIpc) is 2.41. The van der Waals surface area contributed by atoms with Crippen molar-refractivity contribution in [1.82, 2.24) is 5.32 Å². The summed E-state index contributed by atoms with van der Waals surface area (Å²) in [4.78, 5) is 12.1. The van der Waals surface area contributed by atoms with Gasteiger partial charge in [-0.15, -0.1) is 0 Å². The Morgan fingerprint density at radius 1 is 1.45 bits per heavy atom. The fourth-order valence-corrected chi connectivity index (χ4v) is 3.73. The van der Waals surface area contributed by atoms with E-state index in [1.165, 1.54) is 25.7 Å². The van der Waals surface area contributed by atoms with Crippen molar-refractivity contribution in [2.45, 2.75) is 39.0 Å². The Kier molecular flexibility index (Phi) is 6.15. The minimum absolute atomic E-state index is 0.0132. The molecule has 0 aliphatic heterocycles. The number of carbonyl (C=O) groups excluding carboxylic acids is 1.